The predicted molar refractivity (Wildman–Crippen MR) is 70.5 cm³/mol. The van der Waals surface area contributed by atoms with Gasteiger partial charge in [0.15, 0.2) is 0 Å². The van der Waals surface area contributed by atoms with Gasteiger partial charge in [-0.25, -0.2) is 0 Å². The van der Waals surface area contributed by atoms with Crippen molar-refractivity contribution in [2.24, 2.45) is 11.8 Å². The number of hydrogen-bond acceptors (Lipinski definition) is 2. The average Bonchev–Trinajstić information content (AvgIpc) is 2.40. The number of aliphatic hydroxyl groups is 1. The van der Waals surface area contributed by atoms with E-state index in [1.807, 2.05) is 0 Å². The lowest BCUT2D eigenvalue weighted by molar-refractivity contribution is -0.185. The Kier molecular flexibility index (Phi) is 4.91. The predicted octanol–water partition coefficient (Wildman–Crippen LogP) is 4.01. The molecule has 1 saturated carbocycles. The summed E-state index contributed by atoms with van der Waals surface area (Å²) in [6.45, 7) is 0. The summed E-state index contributed by atoms with van der Waals surface area (Å²) in [6.07, 6.45) is -0.262. The Balaban J connectivity index is 1.89. The van der Waals surface area contributed by atoms with Gasteiger partial charge in [-0.3, -0.25) is 4.98 Å². The third kappa shape index (κ3) is 3.85. The van der Waals surface area contributed by atoms with Crippen molar-refractivity contribution in [1.82, 2.24) is 4.98 Å². The lowest BCUT2D eigenvalue weighted by Gasteiger charge is -2.32. The molecule has 0 bridgehead atoms. The Bertz CT molecular complexity index is 444. The fraction of sp³-hybridized carbons (Fsp3) is 0.643. The van der Waals surface area contributed by atoms with E-state index in [-0.39, 0.29) is 18.8 Å². The van der Waals surface area contributed by atoms with Crippen LogP contribution in [0.25, 0.3) is 0 Å². The Hall–Kier alpha value is -0.810. The van der Waals surface area contributed by atoms with Crippen molar-refractivity contribution >= 4 is 11.6 Å². The first-order valence-electron chi connectivity index (χ1n) is 6.71. The van der Waals surface area contributed by atoms with Gasteiger partial charge in [-0.15, -0.1) is 0 Å². The second-order valence-corrected chi connectivity index (χ2v) is 5.80. The molecule has 20 heavy (non-hydrogen) atoms. The molecule has 6 heteroatoms. The van der Waals surface area contributed by atoms with Crippen LogP contribution >= 0.6 is 11.6 Å². The van der Waals surface area contributed by atoms with Gasteiger partial charge in [0.05, 0.1) is 17.0 Å². The molecule has 1 aliphatic rings. The SMILES string of the molecule is OC(Cc1ccncc1Cl)C1CCC(C(F)(F)F)CC1. The van der Waals surface area contributed by atoms with Gasteiger partial charge in [0, 0.05) is 18.8 Å². The summed E-state index contributed by atoms with van der Waals surface area (Å²) in [7, 11) is 0. The van der Waals surface area contributed by atoms with Crippen molar-refractivity contribution in [3.8, 4) is 0 Å². The van der Waals surface area contributed by atoms with Crippen molar-refractivity contribution in [1.29, 1.82) is 0 Å². The zero-order valence-electron chi connectivity index (χ0n) is 10.9. The number of aliphatic hydroxyl groups excluding tert-OH is 1. The van der Waals surface area contributed by atoms with Crippen molar-refractivity contribution in [2.45, 2.75) is 44.4 Å². The molecule has 0 aromatic carbocycles. The largest absolute Gasteiger partial charge is 0.392 e. The molecular formula is C14H17ClF3NO. The number of hydrogen-bond donors (Lipinski definition) is 1. The van der Waals surface area contributed by atoms with E-state index >= 15 is 0 Å². The van der Waals surface area contributed by atoms with Crippen LogP contribution < -0.4 is 0 Å². The van der Waals surface area contributed by atoms with Crippen LogP contribution in [0, 0.1) is 11.8 Å². The molecule has 1 N–H and O–H groups in total. The van der Waals surface area contributed by atoms with Crippen LogP contribution in [0.3, 0.4) is 0 Å². The van der Waals surface area contributed by atoms with Crippen LogP contribution in [0.1, 0.15) is 31.2 Å². The highest BCUT2D eigenvalue weighted by Gasteiger charge is 2.42. The molecule has 1 fully saturated rings. The summed E-state index contributed by atoms with van der Waals surface area (Å²) < 4.78 is 37.7. The summed E-state index contributed by atoms with van der Waals surface area (Å²) >= 11 is 5.97. The molecule has 1 aromatic heterocycles. The third-order valence-electron chi connectivity index (χ3n) is 4.06. The lowest BCUT2D eigenvalue weighted by Crippen LogP contribution is -2.32. The first-order chi connectivity index (χ1) is 9.38. The Morgan fingerprint density at radius 3 is 2.50 bits per heavy atom. The van der Waals surface area contributed by atoms with E-state index in [1.54, 1.807) is 12.3 Å². The first kappa shape index (κ1) is 15.6. The Morgan fingerprint density at radius 1 is 1.30 bits per heavy atom. The minimum atomic E-state index is -4.11. The molecule has 0 aliphatic heterocycles. The van der Waals surface area contributed by atoms with Gasteiger partial charge in [0.2, 0.25) is 0 Å². The van der Waals surface area contributed by atoms with E-state index < -0.39 is 18.2 Å². The maximum Gasteiger partial charge on any atom is 0.391 e. The van der Waals surface area contributed by atoms with Gasteiger partial charge in [-0.05, 0) is 43.2 Å². The number of aromatic nitrogens is 1. The average molecular weight is 308 g/mol. The molecule has 0 saturated heterocycles. The number of nitrogens with zero attached hydrogens (tertiary/aromatic N) is 1. The molecule has 1 unspecified atom stereocenters. The first-order valence-corrected chi connectivity index (χ1v) is 7.09. The van der Waals surface area contributed by atoms with Gasteiger partial charge in [-0.2, -0.15) is 13.2 Å². The van der Waals surface area contributed by atoms with E-state index in [4.69, 9.17) is 11.6 Å². The smallest absolute Gasteiger partial charge is 0.391 e. The van der Waals surface area contributed by atoms with Crippen LogP contribution in [-0.2, 0) is 6.42 Å². The summed E-state index contributed by atoms with van der Waals surface area (Å²) in [5.74, 6) is -1.30. The fourth-order valence-corrected chi connectivity index (χ4v) is 2.99. The molecule has 0 amide bonds. The van der Waals surface area contributed by atoms with Crippen LogP contribution in [0.5, 0.6) is 0 Å². The highest BCUT2D eigenvalue weighted by Crippen LogP contribution is 2.40. The van der Waals surface area contributed by atoms with Crippen LogP contribution in [0.4, 0.5) is 13.2 Å². The van der Waals surface area contributed by atoms with Gasteiger partial charge in [-0.1, -0.05) is 11.6 Å². The van der Waals surface area contributed by atoms with Crippen molar-refractivity contribution < 1.29 is 18.3 Å². The number of alkyl halides is 3. The topological polar surface area (TPSA) is 33.1 Å². The van der Waals surface area contributed by atoms with Gasteiger partial charge in [0.25, 0.3) is 0 Å². The Morgan fingerprint density at radius 2 is 1.95 bits per heavy atom. The minimum Gasteiger partial charge on any atom is -0.392 e. The van der Waals surface area contributed by atoms with Crippen LogP contribution in [-0.4, -0.2) is 22.4 Å². The molecule has 0 spiro atoms. The second-order valence-electron chi connectivity index (χ2n) is 5.39. The lowest BCUT2D eigenvalue weighted by atomic mass is 9.78. The maximum absolute atomic E-state index is 12.6. The Labute approximate surface area is 121 Å². The molecule has 1 aliphatic carbocycles. The fourth-order valence-electron chi connectivity index (χ4n) is 2.79. The van der Waals surface area contributed by atoms with E-state index in [2.05, 4.69) is 4.98 Å². The standard InChI is InChI=1S/C14H17ClF3NO/c15-12-8-19-6-5-10(12)7-13(20)9-1-3-11(4-2-9)14(16,17)18/h5-6,8-9,11,13,20H,1-4,7H2. The molecule has 1 atom stereocenters. The molecule has 1 aromatic rings. The molecule has 0 radical (unpaired) electrons. The molecular weight excluding hydrogens is 291 g/mol. The quantitative estimate of drug-likeness (QED) is 0.915. The number of halogens is 4. The molecule has 2 rings (SSSR count). The highest BCUT2D eigenvalue weighted by molar-refractivity contribution is 6.31. The minimum absolute atomic E-state index is 0.0853. The van der Waals surface area contributed by atoms with Gasteiger partial charge < -0.3 is 5.11 Å². The zero-order valence-corrected chi connectivity index (χ0v) is 11.7. The molecule has 1 heterocycles. The summed E-state index contributed by atoms with van der Waals surface area (Å²) in [4.78, 5) is 3.86. The van der Waals surface area contributed by atoms with Crippen molar-refractivity contribution in [3.63, 3.8) is 0 Å². The normalized spacial score (nSPS) is 25.4. The summed E-state index contributed by atoms with van der Waals surface area (Å²) in [6, 6.07) is 1.73. The van der Waals surface area contributed by atoms with Gasteiger partial charge >= 0.3 is 6.18 Å². The van der Waals surface area contributed by atoms with Crippen LogP contribution in [0.2, 0.25) is 5.02 Å². The maximum atomic E-state index is 12.6. The molecule has 112 valence electrons. The van der Waals surface area contributed by atoms with Crippen LogP contribution in [0.15, 0.2) is 18.5 Å². The van der Waals surface area contributed by atoms with E-state index in [0.29, 0.717) is 24.3 Å². The monoisotopic (exact) mass is 307 g/mol. The summed E-state index contributed by atoms with van der Waals surface area (Å²) in [5.41, 5.74) is 0.784. The highest BCUT2D eigenvalue weighted by atomic mass is 35.5. The van der Waals surface area contributed by atoms with Crippen molar-refractivity contribution in [2.75, 3.05) is 0 Å². The van der Waals surface area contributed by atoms with E-state index in [0.717, 1.165) is 5.56 Å². The van der Waals surface area contributed by atoms with Gasteiger partial charge in [0.1, 0.15) is 0 Å². The molecule has 2 nitrogen and oxygen atoms in total. The number of rotatable bonds is 3. The van der Waals surface area contributed by atoms with E-state index in [9.17, 15) is 18.3 Å². The third-order valence-corrected chi connectivity index (χ3v) is 4.40. The van der Waals surface area contributed by atoms with Crippen molar-refractivity contribution in [3.05, 3.63) is 29.0 Å². The number of pyridine rings is 1. The second kappa shape index (κ2) is 6.31. The summed E-state index contributed by atoms with van der Waals surface area (Å²) in [5, 5.41) is 10.7. The zero-order chi connectivity index (χ0) is 14.8. The van der Waals surface area contributed by atoms with E-state index in [1.165, 1.54) is 6.20 Å².